The van der Waals surface area contributed by atoms with E-state index in [4.69, 9.17) is 9.47 Å². The van der Waals surface area contributed by atoms with Gasteiger partial charge < -0.3 is 19.1 Å². The normalized spacial score (nSPS) is 10.8. The van der Waals surface area contributed by atoms with Crippen molar-refractivity contribution in [2.75, 3.05) is 13.7 Å². The number of aromatic nitrogens is 2. The molecule has 1 heterocycles. The number of nitrogens with zero attached hydrogens (tertiary/aromatic N) is 2. The van der Waals surface area contributed by atoms with Gasteiger partial charge in [0.05, 0.1) is 30.3 Å². The molecule has 2 aromatic carbocycles. The molecule has 0 atom stereocenters. The molecule has 0 spiro atoms. The van der Waals surface area contributed by atoms with Gasteiger partial charge >= 0.3 is 5.97 Å². The molecule has 124 valence electrons. The molecular formula is C18H18N2O4. The van der Waals surface area contributed by atoms with Gasteiger partial charge in [-0.15, -0.1) is 0 Å². The predicted octanol–water partition coefficient (Wildman–Crippen LogP) is 3.20. The molecule has 0 amide bonds. The second kappa shape index (κ2) is 6.62. The Morgan fingerprint density at radius 3 is 2.71 bits per heavy atom. The Labute approximate surface area is 139 Å². The minimum Gasteiger partial charge on any atom is -0.493 e. The van der Waals surface area contributed by atoms with Crippen molar-refractivity contribution in [3.8, 4) is 22.9 Å². The van der Waals surface area contributed by atoms with Crippen LogP contribution in [0.4, 0.5) is 0 Å². The number of benzene rings is 2. The van der Waals surface area contributed by atoms with Crippen molar-refractivity contribution in [3.63, 3.8) is 0 Å². The fraction of sp³-hybridized carbons (Fsp3) is 0.222. The van der Waals surface area contributed by atoms with Gasteiger partial charge in [0.1, 0.15) is 12.4 Å². The molecule has 0 aliphatic carbocycles. The average Bonchev–Trinajstić information content (AvgIpc) is 2.93. The molecule has 0 radical (unpaired) electrons. The highest BCUT2D eigenvalue weighted by atomic mass is 16.5. The van der Waals surface area contributed by atoms with Gasteiger partial charge in [0.15, 0.2) is 11.5 Å². The van der Waals surface area contributed by atoms with Crippen molar-refractivity contribution in [3.05, 3.63) is 42.5 Å². The SMILES string of the molecule is CCOc1c(OC)cccc1-c1nc2ccccc2n1CC(=O)O. The molecule has 3 aromatic rings. The van der Waals surface area contributed by atoms with Crippen molar-refractivity contribution in [2.45, 2.75) is 13.5 Å². The Kier molecular flexibility index (Phi) is 4.37. The smallest absolute Gasteiger partial charge is 0.323 e. The molecule has 0 saturated heterocycles. The van der Waals surface area contributed by atoms with E-state index >= 15 is 0 Å². The Balaban J connectivity index is 2.28. The van der Waals surface area contributed by atoms with Gasteiger partial charge in [0.2, 0.25) is 0 Å². The lowest BCUT2D eigenvalue weighted by Gasteiger charge is -2.14. The number of rotatable bonds is 6. The molecule has 6 heteroatoms. The largest absolute Gasteiger partial charge is 0.493 e. The van der Waals surface area contributed by atoms with Crippen molar-refractivity contribution >= 4 is 17.0 Å². The Morgan fingerprint density at radius 1 is 1.21 bits per heavy atom. The lowest BCUT2D eigenvalue weighted by molar-refractivity contribution is -0.137. The van der Waals surface area contributed by atoms with E-state index in [9.17, 15) is 9.90 Å². The second-order valence-electron chi connectivity index (χ2n) is 5.17. The number of methoxy groups -OCH3 is 1. The fourth-order valence-electron chi connectivity index (χ4n) is 2.72. The highest BCUT2D eigenvalue weighted by Gasteiger charge is 2.20. The molecule has 3 rings (SSSR count). The molecule has 1 N–H and O–H groups in total. The van der Waals surface area contributed by atoms with Crippen LogP contribution in [0.3, 0.4) is 0 Å². The summed E-state index contributed by atoms with van der Waals surface area (Å²) in [5, 5.41) is 9.28. The first-order valence-electron chi connectivity index (χ1n) is 7.63. The third-order valence-corrected chi connectivity index (χ3v) is 3.68. The van der Waals surface area contributed by atoms with E-state index in [0.717, 1.165) is 11.0 Å². The summed E-state index contributed by atoms with van der Waals surface area (Å²) in [6.07, 6.45) is 0. The number of aliphatic carboxylic acids is 1. The zero-order valence-electron chi connectivity index (χ0n) is 13.5. The fourth-order valence-corrected chi connectivity index (χ4v) is 2.72. The molecule has 6 nitrogen and oxygen atoms in total. The van der Waals surface area contributed by atoms with Crippen LogP contribution in [-0.4, -0.2) is 34.3 Å². The summed E-state index contributed by atoms with van der Waals surface area (Å²) in [6.45, 7) is 2.17. The first-order chi connectivity index (χ1) is 11.7. The Morgan fingerprint density at radius 2 is 2.00 bits per heavy atom. The topological polar surface area (TPSA) is 73.6 Å². The second-order valence-corrected chi connectivity index (χ2v) is 5.17. The van der Waals surface area contributed by atoms with Crippen molar-refractivity contribution in [1.82, 2.24) is 9.55 Å². The molecule has 0 aliphatic rings. The summed E-state index contributed by atoms with van der Waals surface area (Å²) in [5.74, 6) is 0.758. The van der Waals surface area contributed by atoms with E-state index < -0.39 is 5.97 Å². The monoisotopic (exact) mass is 326 g/mol. The number of hydrogen-bond acceptors (Lipinski definition) is 4. The molecule has 0 saturated carbocycles. The molecule has 0 aliphatic heterocycles. The molecule has 24 heavy (non-hydrogen) atoms. The van der Waals surface area contributed by atoms with Crippen molar-refractivity contribution < 1.29 is 19.4 Å². The maximum absolute atomic E-state index is 11.3. The van der Waals surface area contributed by atoms with Gasteiger partial charge in [-0.25, -0.2) is 4.98 Å². The number of hydrogen-bond donors (Lipinski definition) is 1. The van der Waals surface area contributed by atoms with Gasteiger partial charge in [0, 0.05) is 0 Å². The molecule has 0 unspecified atom stereocenters. The minimum atomic E-state index is -0.930. The van der Waals surface area contributed by atoms with Gasteiger partial charge in [-0.05, 0) is 31.2 Å². The van der Waals surface area contributed by atoms with Gasteiger partial charge in [0.25, 0.3) is 0 Å². The predicted molar refractivity (Wildman–Crippen MR) is 90.5 cm³/mol. The number of carboxylic acids is 1. The zero-order valence-corrected chi connectivity index (χ0v) is 13.5. The lowest BCUT2D eigenvalue weighted by atomic mass is 10.1. The zero-order chi connectivity index (χ0) is 17.1. The highest BCUT2D eigenvalue weighted by molar-refractivity contribution is 5.84. The van der Waals surface area contributed by atoms with Gasteiger partial charge in [-0.2, -0.15) is 0 Å². The maximum atomic E-state index is 11.3. The Hall–Kier alpha value is -3.02. The average molecular weight is 326 g/mol. The minimum absolute atomic E-state index is 0.182. The summed E-state index contributed by atoms with van der Waals surface area (Å²) < 4.78 is 12.8. The first kappa shape index (κ1) is 15.9. The lowest BCUT2D eigenvalue weighted by Crippen LogP contribution is -2.10. The molecule has 0 bridgehead atoms. The molecule has 1 aromatic heterocycles. The summed E-state index contributed by atoms with van der Waals surface area (Å²) in [7, 11) is 1.57. The number of imidazole rings is 1. The summed E-state index contributed by atoms with van der Waals surface area (Å²) in [5.41, 5.74) is 2.20. The van der Waals surface area contributed by atoms with Gasteiger partial charge in [-0.1, -0.05) is 18.2 Å². The van der Waals surface area contributed by atoms with Crippen molar-refractivity contribution in [2.24, 2.45) is 0 Å². The van der Waals surface area contributed by atoms with Crippen LogP contribution in [-0.2, 0) is 11.3 Å². The van der Waals surface area contributed by atoms with Gasteiger partial charge in [-0.3, -0.25) is 4.79 Å². The third kappa shape index (κ3) is 2.78. The number of carboxylic acid groups (broad SMARTS) is 1. The number of ether oxygens (including phenoxy) is 2. The van der Waals surface area contributed by atoms with Crippen molar-refractivity contribution in [1.29, 1.82) is 0 Å². The van der Waals surface area contributed by atoms with Crippen LogP contribution in [0.15, 0.2) is 42.5 Å². The number of carbonyl (C=O) groups is 1. The Bertz CT molecular complexity index is 886. The van der Waals surface area contributed by atoms with E-state index in [2.05, 4.69) is 4.98 Å². The molecular weight excluding hydrogens is 308 g/mol. The van der Waals surface area contributed by atoms with E-state index in [-0.39, 0.29) is 6.54 Å². The van der Waals surface area contributed by atoms with E-state index in [1.807, 2.05) is 43.3 Å². The van der Waals surface area contributed by atoms with Crippen LogP contribution in [0.1, 0.15) is 6.92 Å². The summed E-state index contributed by atoms with van der Waals surface area (Å²) in [6, 6.07) is 12.9. The quantitative estimate of drug-likeness (QED) is 0.753. The summed E-state index contributed by atoms with van der Waals surface area (Å²) >= 11 is 0. The van der Waals surface area contributed by atoms with Crippen LogP contribution in [0, 0.1) is 0 Å². The third-order valence-electron chi connectivity index (χ3n) is 3.68. The highest BCUT2D eigenvalue weighted by Crippen LogP contribution is 2.38. The van der Waals surface area contributed by atoms with E-state index in [0.29, 0.717) is 29.5 Å². The van der Waals surface area contributed by atoms with Crippen LogP contribution < -0.4 is 9.47 Å². The molecule has 0 fully saturated rings. The van der Waals surface area contributed by atoms with Crippen LogP contribution in [0.25, 0.3) is 22.4 Å². The van der Waals surface area contributed by atoms with E-state index in [1.165, 1.54) is 0 Å². The van der Waals surface area contributed by atoms with Crippen LogP contribution in [0.2, 0.25) is 0 Å². The van der Waals surface area contributed by atoms with Crippen LogP contribution in [0.5, 0.6) is 11.5 Å². The summed E-state index contributed by atoms with van der Waals surface area (Å²) in [4.78, 5) is 15.9. The number of fused-ring (bicyclic) bond motifs is 1. The number of para-hydroxylation sites is 3. The standard InChI is InChI=1S/C18H18N2O4/c1-3-24-17-12(7-6-10-15(17)23-2)18-19-13-8-4-5-9-14(13)20(18)11-16(21)22/h4-10H,3,11H2,1-2H3,(H,21,22). The maximum Gasteiger partial charge on any atom is 0.323 e. The van der Waals surface area contributed by atoms with Crippen LogP contribution >= 0.6 is 0 Å². The first-order valence-corrected chi connectivity index (χ1v) is 7.63. The van der Waals surface area contributed by atoms with E-state index in [1.54, 1.807) is 17.7 Å².